The summed E-state index contributed by atoms with van der Waals surface area (Å²) >= 11 is 0. The van der Waals surface area contributed by atoms with Gasteiger partial charge in [0.2, 0.25) is 0 Å². The van der Waals surface area contributed by atoms with Crippen LogP contribution in [0.3, 0.4) is 0 Å². The van der Waals surface area contributed by atoms with Gasteiger partial charge in [0.15, 0.2) is 5.78 Å². The van der Waals surface area contributed by atoms with Crippen LogP contribution in [0.25, 0.3) is 0 Å². The van der Waals surface area contributed by atoms with Crippen LogP contribution in [-0.2, 0) is 14.3 Å². The summed E-state index contributed by atoms with van der Waals surface area (Å²) in [6.45, 7) is 1.75. The first-order chi connectivity index (χ1) is 8.65. The average molecular weight is 247 g/mol. The van der Waals surface area contributed by atoms with Gasteiger partial charge in [0, 0.05) is 12.8 Å². The normalized spacial score (nSPS) is 13.7. The predicted octanol–water partition coefficient (Wildman–Crippen LogP) is 1.46. The highest BCUT2D eigenvalue weighted by Gasteiger charge is 2.15. The topological polar surface area (TPSA) is 63.6 Å². The fourth-order valence-corrected chi connectivity index (χ4v) is 1.33. The van der Waals surface area contributed by atoms with Crippen LogP contribution in [0.2, 0.25) is 0 Å². The summed E-state index contributed by atoms with van der Waals surface area (Å²) in [6.07, 6.45) is 2.72. The number of aliphatic hydroxyl groups excluding tert-OH is 1. The number of carbonyl (C=O) groups is 2. The Morgan fingerprint density at radius 1 is 1.33 bits per heavy atom. The summed E-state index contributed by atoms with van der Waals surface area (Å²) < 4.78 is 4.91. The van der Waals surface area contributed by atoms with Crippen molar-refractivity contribution in [2.75, 3.05) is 0 Å². The molecule has 95 valence electrons. The van der Waals surface area contributed by atoms with Crippen LogP contribution >= 0.6 is 0 Å². The van der Waals surface area contributed by atoms with Crippen LogP contribution in [-0.4, -0.2) is 23.5 Å². The molecule has 4 nitrogen and oxygen atoms in total. The zero-order valence-electron chi connectivity index (χ0n) is 10.0. The standard InChI is InChI=1S/C14H15O4/c1-11(16)13(17)8-5-9-14(18-10-15)12-6-3-2-4-7-12/h2-11,14,16H,1H3/t11-,14+/m1/s1. The smallest absolute Gasteiger partial charge is 0.293 e. The van der Waals surface area contributed by atoms with Gasteiger partial charge in [-0.25, -0.2) is 0 Å². The molecule has 2 atom stereocenters. The molecule has 0 unspecified atom stereocenters. The second kappa shape index (κ2) is 7.61. The molecule has 18 heavy (non-hydrogen) atoms. The van der Waals surface area contributed by atoms with Gasteiger partial charge in [-0.3, -0.25) is 9.59 Å². The Kier molecular flexibility index (Phi) is 6.08. The Bertz CT molecular complexity index is 373. The first-order valence-electron chi connectivity index (χ1n) is 5.52. The molecule has 1 rings (SSSR count). The predicted molar refractivity (Wildman–Crippen MR) is 65.9 cm³/mol. The van der Waals surface area contributed by atoms with Crippen molar-refractivity contribution >= 4 is 12.3 Å². The molecule has 0 aromatic heterocycles. The number of hydrogen-bond donors (Lipinski definition) is 1. The van der Waals surface area contributed by atoms with Gasteiger partial charge in [0.1, 0.15) is 12.2 Å². The number of ketones is 1. The van der Waals surface area contributed by atoms with Gasteiger partial charge in [0.25, 0.3) is 6.47 Å². The summed E-state index contributed by atoms with van der Waals surface area (Å²) in [7, 11) is 0. The summed E-state index contributed by atoms with van der Waals surface area (Å²) in [5.74, 6) is -0.399. The third kappa shape index (κ3) is 4.67. The van der Waals surface area contributed by atoms with E-state index in [2.05, 4.69) is 0 Å². The number of Topliss-reactive ketones (excluding diaryl/α,β-unsaturated/α-hetero) is 1. The fourth-order valence-electron chi connectivity index (χ4n) is 1.33. The molecule has 3 radical (unpaired) electrons. The molecule has 0 aliphatic rings. The first-order valence-corrected chi connectivity index (χ1v) is 5.52. The van der Waals surface area contributed by atoms with Gasteiger partial charge in [-0.2, -0.15) is 0 Å². The Morgan fingerprint density at radius 2 is 2.00 bits per heavy atom. The van der Waals surface area contributed by atoms with Crippen molar-refractivity contribution in [1.82, 2.24) is 0 Å². The van der Waals surface area contributed by atoms with Gasteiger partial charge < -0.3 is 9.84 Å². The van der Waals surface area contributed by atoms with E-state index in [1.54, 1.807) is 6.42 Å². The molecular formula is C14H15O4. The molecular weight excluding hydrogens is 232 g/mol. The zero-order valence-corrected chi connectivity index (χ0v) is 10.0. The lowest BCUT2D eigenvalue weighted by Crippen LogP contribution is -2.17. The highest BCUT2D eigenvalue weighted by molar-refractivity contribution is 5.92. The Morgan fingerprint density at radius 3 is 2.56 bits per heavy atom. The maximum absolute atomic E-state index is 11.2. The minimum atomic E-state index is -1.03. The number of rotatable bonds is 8. The maximum Gasteiger partial charge on any atom is 0.293 e. The van der Waals surface area contributed by atoms with E-state index in [-0.39, 0.29) is 0 Å². The van der Waals surface area contributed by atoms with Crippen molar-refractivity contribution in [2.45, 2.75) is 19.1 Å². The van der Waals surface area contributed by atoms with E-state index < -0.39 is 18.0 Å². The van der Waals surface area contributed by atoms with Crippen LogP contribution in [0.4, 0.5) is 0 Å². The first kappa shape index (κ1) is 14.4. The number of ether oxygens (including phenoxy) is 1. The summed E-state index contributed by atoms with van der Waals surface area (Å²) in [5.41, 5.74) is 0.804. The van der Waals surface area contributed by atoms with Gasteiger partial charge in [-0.15, -0.1) is 0 Å². The quantitative estimate of drug-likeness (QED) is 0.706. The van der Waals surface area contributed by atoms with Crippen molar-refractivity contribution in [1.29, 1.82) is 0 Å². The van der Waals surface area contributed by atoms with E-state index in [9.17, 15) is 9.59 Å². The molecule has 0 aliphatic carbocycles. The third-order valence-electron chi connectivity index (χ3n) is 2.29. The lowest BCUT2D eigenvalue weighted by molar-refractivity contribution is -0.132. The molecule has 0 bridgehead atoms. The van der Waals surface area contributed by atoms with Crippen LogP contribution in [0.1, 0.15) is 18.6 Å². The van der Waals surface area contributed by atoms with Crippen molar-refractivity contribution < 1.29 is 19.4 Å². The fraction of sp³-hybridized carbons (Fsp3) is 0.214. The maximum atomic E-state index is 11.2. The molecule has 4 heteroatoms. The lowest BCUT2D eigenvalue weighted by atomic mass is 10.0. The Labute approximate surface area is 107 Å². The van der Waals surface area contributed by atoms with Crippen LogP contribution in [0.5, 0.6) is 0 Å². The minimum absolute atomic E-state index is 0.360. The minimum Gasteiger partial charge on any atom is -0.459 e. The average Bonchev–Trinajstić information content (AvgIpc) is 2.38. The molecule has 0 aliphatic heterocycles. The van der Waals surface area contributed by atoms with Gasteiger partial charge in [-0.05, 0) is 18.9 Å². The van der Waals surface area contributed by atoms with Crippen molar-refractivity contribution in [2.24, 2.45) is 0 Å². The molecule has 0 saturated heterocycles. The highest BCUT2D eigenvalue weighted by Crippen LogP contribution is 2.21. The number of hydrogen-bond acceptors (Lipinski definition) is 4. The molecule has 1 aromatic rings. The van der Waals surface area contributed by atoms with Crippen LogP contribution < -0.4 is 0 Å². The molecule has 0 spiro atoms. The van der Waals surface area contributed by atoms with Gasteiger partial charge in [-0.1, -0.05) is 30.3 Å². The van der Waals surface area contributed by atoms with E-state index in [0.29, 0.717) is 6.47 Å². The summed E-state index contributed by atoms with van der Waals surface area (Å²) in [5, 5.41) is 9.00. The van der Waals surface area contributed by atoms with Gasteiger partial charge >= 0.3 is 0 Å². The van der Waals surface area contributed by atoms with E-state index in [0.717, 1.165) is 5.56 Å². The summed E-state index contributed by atoms with van der Waals surface area (Å²) in [6, 6.07) is 9.14. The molecule has 1 N–H and O–H groups in total. The molecule has 0 heterocycles. The lowest BCUT2D eigenvalue weighted by Gasteiger charge is -2.14. The van der Waals surface area contributed by atoms with Crippen LogP contribution in [0, 0.1) is 19.3 Å². The molecule has 0 fully saturated rings. The Hall–Kier alpha value is -1.68. The second-order valence-electron chi connectivity index (χ2n) is 3.69. The third-order valence-corrected chi connectivity index (χ3v) is 2.29. The van der Waals surface area contributed by atoms with E-state index in [1.165, 1.54) is 19.8 Å². The summed E-state index contributed by atoms with van der Waals surface area (Å²) in [4.78, 5) is 21.6. The van der Waals surface area contributed by atoms with Gasteiger partial charge in [0.05, 0.1) is 0 Å². The molecule has 0 amide bonds. The molecule has 0 saturated carbocycles. The number of aliphatic hydroxyl groups is 1. The van der Waals surface area contributed by atoms with E-state index >= 15 is 0 Å². The van der Waals surface area contributed by atoms with E-state index in [1.807, 2.05) is 30.3 Å². The Balaban J connectivity index is 2.49. The molecule has 1 aromatic carbocycles. The number of carbonyl (C=O) groups excluding carboxylic acids is 2. The highest BCUT2D eigenvalue weighted by atomic mass is 16.5. The van der Waals surface area contributed by atoms with Crippen LogP contribution in [0.15, 0.2) is 30.3 Å². The largest absolute Gasteiger partial charge is 0.459 e. The van der Waals surface area contributed by atoms with Crippen molar-refractivity contribution in [3.05, 3.63) is 55.2 Å². The van der Waals surface area contributed by atoms with Crippen molar-refractivity contribution in [3.63, 3.8) is 0 Å². The zero-order chi connectivity index (χ0) is 13.4. The van der Waals surface area contributed by atoms with E-state index in [4.69, 9.17) is 9.84 Å². The second-order valence-corrected chi connectivity index (χ2v) is 3.69. The number of benzene rings is 1. The van der Waals surface area contributed by atoms with Crippen molar-refractivity contribution in [3.8, 4) is 0 Å². The monoisotopic (exact) mass is 247 g/mol. The SMILES string of the molecule is C[C@@H](O)C(=O)[CH][CH][CH][C@H](OC=O)c1ccccc1.